The molecule has 0 radical (unpaired) electrons. The number of sulfonamides is 1. The molecule has 0 saturated carbocycles. The summed E-state index contributed by atoms with van der Waals surface area (Å²) in [4.78, 5) is 12.6. The van der Waals surface area contributed by atoms with Crippen molar-refractivity contribution < 1.29 is 18.3 Å². The van der Waals surface area contributed by atoms with Gasteiger partial charge in [-0.05, 0) is 19.7 Å². The Balaban J connectivity index is 2.83. The zero-order chi connectivity index (χ0) is 15.2. The van der Waals surface area contributed by atoms with Crippen molar-refractivity contribution in [2.24, 2.45) is 0 Å². The summed E-state index contributed by atoms with van der Waals surface area (Å²) in [5.74, 6) is -1.34. The average Bonchev–Trinajstić information content (AvgIpc) is 2.34. The second-order valence-corrected chi connectivity index (χ2v) is 6.74. The van der Waals surface area contributed by atoms with Crippen LogP contribution in [0.15, 0.2) is 30.3 Å². The summed E-state index contributed by atoms with van der Waals surface area (Å²) < 4.78 is 25.6. The fourth-order valence-electron chi connectivity index (χ4n) is 1.66. The van der Waals surface area contributed by atoms with E-state index in [-0.39, 0.29) is 12.3 Å². The Hall–Kier alpha value is -1.44. The lowest BCUT2D eigenvalue weighted by Crippen LogP contribution is -2.40. The molecule has 1 rings (SSSR count). The summed E-state index contributed by atoms with van der Waals surface area (Å²) in [6.45, 7) is 0.124. The molecular weight excluding hydrogens is 280 g/mol. The number of nitrogens with zero attached hydrogens (tertiary/aromatic N) is 2. The van der Waals surface area contributed by atoms with E-state index in [0.29, 0.717) is 12.1 Å². The summed E-state index contributed by atoms with van der Waals surface area (Å²) in [5, 5.41) is 8.86. The SMILES string of the molecule is CN(C)CCN(CC(=O)O)S(=O)(=O)Cc1ccccc1. The maximum Gasteiger partial charge on any atom is 0.318 e. The van der Waals surface area contributed by atoms with Crippen molar-refractivity contribution in [3.8, 4) is 0 Å². The van der Waals surface area contributed by atoms with E-state index >= 15 is 0 Å². The van der Waals surface area contributed by atoms with Gasteiger partial charge in [0.05, 0.1) is 5.75 Å². The summed E-state index contributed by atoms with van der Waals surface area (Å²) >= 11 is 0. The van der Waals surface area contributed by atoms with Crippen molar-refractivity contribution >= 4 is 16.0 Å². The maximum absolute atomic E-state index is 12.3. The quantitative estimate of drug-likeness (QED) is 0.755. The summed E-state index contributed by atoms with van der Waals surface area (Å²) in [6, 6.07) is 8.74. The Morgan fingerprint density at radius 1 is 1.15 bits per heavy atom. The van der Waals surface area contributed by atoms with Crippen molar-refractivity contribution in [2.75, 3.05) is 33.7 Å². The number of aliphatic carboxylic acids is 1. The zero-order valence-corrected chi connectivity index (χ0v) is 12.5. The van der Waals surface area contributed by atoms with Crippen molar-refractivity contribution in [3.63, 3.8) is 0 Å². The molecular formula is C13H20N2O4S. The van der Waals surface area contributed by atoms with Gasteiger partial charge in [0.2, 0.25) is 10.0 Å². The molecule has 0 atom stereocenters. The van der Waals surface area contributed by atoms with E-state index in [9.17, 15) is 13.2 Å². The van der Waals surface area contributed by atoms with E-state index < -0.39 is 22.5 Å². The molecule has 6 nitrogen and oxygen atoms in total. The van der Waals surface area contributed by atoms with Gasteiger partial charge in [-0.3, -0.25) is 4.79 Å². The zero-order valence-electron chi connectivity index (χ0n) is 11.7. The van der Waals surface area contributed by atoms with Gasteiger partial charge in [-0.2, -0.15) is 4.31 Å². The number of carbonyl (C=O) groups is 1. The van der Waals surface area contributed by atoms with Gasteiger partial charge in [-0.1, -0.05) is 30.3 Å². The normalized spacial score (nSPS) is 12.0. The fourth-order valence-corrected chi connectivity index (χ4v) is 3.12. The second kappa shape index (κ2) is 7.37. The number of benzene rings is 1. The van der Waals surface area contributed by atoms with E-state index in [2.05, 4.69) is 0 Å². The third-order valence-electron chi connectivity index (χ3n) is 2.69. The molecule has 0 heterocycles. The predicted molar refractivity (Wildman–Crippen MR) is 76.8 cm³/mol. The second-order valence-electron chi connectivity index (χ2n) is 4.77. The highest BCUT2D eigenvalue weighted by atomic mass is 32.2. The van der Waals surface area contributed by atoms with Crippen LogP contribution < -0.4 is 0 Å². The highest BCUT2D eigenvalue weighted by Gasteiger charge is 2.24. The molecule has 0 fully saturated rings. The molecule has 0 aliphatic heterocycles. The summed E-state index contributed by atoms with van der Waals surface area (Å²) in [7, 11) is -0.0237. The topological polar surface area (TPSA) is 77.9 Å². The van der Waals surface area contributed by atoms with Gasteiger partial charge >= 0.3 is 5.97 Å². The Bertz CT molecular complexity index is 529. The van der Waals surface area contributed by atoms with Crippen LogP contribution in [0.2, 0.25) is 0 Å². The fraction of sp³-hybridized carbons (Fsp3) is 0.462. The molecule has 7 heteroatoms. The van der Waals surface area contributed by atoms with Crippen molar-refractivity contribution in [1.29, 1.82) is 0 Å². The molecule has 0 unspecified atom stereocenters. The number of hydrogen-bond donors (Lipinski definition) is 1. The first-order chi connectivity index (χ1) is 9.31. The Morgan fingerprint density at radius 3 is 2.25 bits per heavy atom. The third-order valence-corrected chi connectivity index (χ3v) is 4.49. The van der Waals surface area contributed by atoms with Crippen LogP contribution in [-0.4, -0.2) is 62.4 Å². The monoisotopic (exact) mass is 300 g/mol. The number of carboxylic acids is 1. The lowest BCUT2D eigenvalue weighted by atomic mass is 10.2. The van der Waals surface area contributed by atoms with Crippen LogP contribution >= 0.6 is 0 Å². The maximum atomic E-state index is 12.3. The molecule has 0 amide bonds. The molecule has 0 aliphatic rings. The molecule has 1 N–H and O–H groups in total. The summed E-state index contributed by atoms with van der Waals surface area (Å²) in [5.41, 5.74) is 0.646. The summed E-state index contributed by atoms with van der Waals surface area (Å²) in [6.07, 6.45) is 0. The van der Waals surface area contributed by atoms with Crippen LogP contribution in [0.4, 0.5) is 0 Å². The lowest BCUT2D eigenvalue weighted by molar-refractivity contribution is -0.137. The first-order valence-electron chi connectivity index (χ1n) is 6.19. The van der Waals surface area contributed by atoms with E-state index in [0.717, 1.165) is 4.31 Å². The third kappa shape index (κ3) is 5.68. The van der Waals surface area contributed by atoms with E-state index in [1.54, 1.807) is 30.3 Å². The first-order valence-corrected chi connectivity index (χ1v) is 7.80. The largest absolute Gasteiger partial charge is 0.480 e. The predicted octanol–water partition coefficient (Wildman–Crippen LogP) is 0.465. The minimum atomic E-state index is -3.64. The number of rotatable bonds is 8. The molecule has 112 valence electrons. The van der Waals surface area contributed by atoms with Crippen molar-refractivity contribution in [2.45, 2.75) is 5.75 Å². The Labute approximate surface area is 119 Å². The minimum Gasteiger partial charge on any atom is -0.480 e. The van der Waals surface area contributed by atoms with E-state index in [4.69, 9.17) is 5.11 Å². The van der Waals surface area contributed by atoms with Gasteiger partial charge in [0, 0.05) is 13.1 Å². The van der Waals surface area contributed by atoms with Gasteiger partial charge in [-0.25, -0.2) is 8.42 Å². The highest BCUT2D eigenvalue weighted by molar-refractivity contribution is 7.88. The van der Waals surface area contributed by atoms with Crippen LogP contribution in [-0.2, 0) is 20.6 Å². The lowest BCUT2D eigenvalue weighted by Gasteiger charge is -2.22. The first kappa shape index (κ1) is 16.6. The molecule has 1 aromatic rings. The highest BCUT2D eigenvalue weighted by Crippen LogP contribution is 2.10. The molecule has 0 spiro atoms. The molecule has 20 heavy (non-hydrogen) atoms. The number of carboxylic acid groups (broad SMARTS) is 1. The van der Waals surface area contributed by atoms with Crippen LogP contribution in [0, 0.1) is 0 Å². The van der Waals surface area contributed by atoms with E-state index in [1.165, 1.54) is 0 Å². The van der Waals surface area contributed by atoms with Gasteiger partial charge in [0.1, 0.15) is 6.54 Å². The van der Waals surface area contributed by atoms with Gasteiger partial charge in [-0.15, -0.1) is 0 Å². The van der Waals surface area contributed by atoms with Crippen LogP contribution in [0.1, 0.15) is 5.56 Å². The van der Waals surface area contributed by atoms with Crippen LogP contribution in [0.25, 0.3) is 0 Å². The Morgan fingerprint density at radius 2 is 1.75 bits per heavy atom. The minimum absolute atomic E-state index is 0.161. The average molecular weight is 300 g/mol. The Kier molecular flexibility index (Phi) is 6.12. The molecule has 0 aliphatic carbocycles. The van der Waals surface area contributed by atoms with Gasteiger partial charge in [0.25, 0.3) is 0 Å². The van der Waals surface area contributed by atoms with Crippen molar-refractivity contribution in [1.82, 2.24) is 9.21 Å². The standard InChI is InChI=1S/C13H20N2O4S/c1-14(2)8-9-15(10-13(16)17)20(18,19)11-12-6-4-3-5-7-12/h3-7H,8-11H2,1-2H3,(H,16,17). The number of likely N-dealkylation sites (N-methyl/N-ethyl adjacent to an activating group) is 1. The smallest absolute Gasteiger partial charge is 0.318 e. The molecule has 0 aromatic heterocycles. The van der Waals surface area contributed by atoms with Gasteiger partial charge in [0.15, 0.2) is 0 Å². The molecule has 0 bridgehead atoms. The van der Waals surface area contributed by atoms with E-state index in [1.807, 2.05) is 19.0 Å². The van der Waals surface area contributed by atoms with Crippen LogP contribution in [0.3, 0.4) is 0 Å². The van der Waals surface area contributed by atoms with Crippen molar-refractivity contribution in [3.05, 3.63) is 35.9 Å². The van der Waals surface area contributed by atoms with Gasteiger partial charge < -0.3 is 10.0 Å². The van der Waals surface area contributed by atoms with Crippen LogP contribution in [0.5, 0.6) is 0 Å². The molecule has 0 saturated heterocycles. The number of hydrogen-bond acceptors (Lipinski definition) is 4. The molecule has 1 aromatic carbocycles.